The predicted octanol–water partition coefficient (Wildman–Crippen LogP) is 4.53. The van der Waals surface area contributed by atoms with Crippen molar-refractivity contribution >= 4 is 11.8 Å². The summed E-state index contributed by atoms with van der Waals surface area (Å²) in [5.74, 6) is 2.99. The van der Waals surface area contributed by atoms with Gasteiger partial charge in [-0.3, -0.25) is 4.57 Å². The van der Waals surface area contributed by atoms with Crippen LogP contribution in [0.2, 0.25) is 0 Å². The maximum Gasteiger partial charge on any atom is 0.196 e. The molecule has 2 aromatic heterocycles. The third-order valence-electron chi connectivity index (χ3n) is 4.00. The second-order valence-electron chi connectivity index (χ2n) is 5.93. The highest BCUT2D eigenvalue weighted by Gasteiger charge is 2.17. The van der Waals surface area contributed by atoms with E-state index >= 15 is 0 Å². The summed E-state index contributed by atoms with van der Waals surface area (Å²) in [5, 5.41) is 13.7. The quantitative estimate of drug-likeness (QED) is 0.459. The van der Waals surface area contributed by atoms with Gasteiger partial charge < -0.3 is 9.26 Å². The van der Waals surface area contributed by atoms with Crippen molar-refractivity contribution in [3.63, 3.8) is 0 Å². The lowest BCUT2D eigenvalue weighted by Crippen LogP contribution is -2.00. The fourth-order valence-electron chi connectivity index (χ4n) is 2.75. The van der Waals surface area contributed by atoms with Crippen LogP contribution in [0.25, 0.3) is 17.1 Å². The molecule has 0 unspecified atom stereocenters. The zero-order valence-electron chi connectivity index (χ0n) is 15.0. The van der Waals surface area contributed by atoms with E-state index in [1.165, 1.54) is 0 Å². The van der Waals surface area contributed by atoms with Crippen LogP contribution in [0.3, 0.4) is 0 Å². The lowest BCUT2D eigenvalue weighted by atomic mass is 10.2. The van der Waals surface area contributed by atoms with E-state index in [9.17, 15) is 0 Å². The summed E-state index contributed by atoms with van der Waals surface area (Å²) in [6.07, 6.45) is 0. The zero-order chi connectivity index (χ0) is 18.6. The number of thioether (sulfide) groups is 1. The van der Waals surface area contributed by atoms with Crippen LogP contribution < -0.4 is 4.74 Å². The Bertz CT molecular complexity index is 1040. The molecule has 0 aliphatic rings. The van der Waals surface area contributed by atoms with E-state index in [4.69, 9.17) is 9.26 Å². The highest BCUT2D eigenvalue weighted by molar-refractivity contribution is 7.98. The smallest absolute Gasteiger partial charge is 0.196 e. The average Bonchev–Trinajstić information content (AvgIpc) is 3.33. The molecule has 0 bridgehead atoms. The van der Waals surface area contributed by atoms with Crippen LogP contribution in [0, 0.1) is 6.92 Å². The molecule has 0 saturated carbocycles. The molecule has 6 nitrogen and oxygen atoms in total. The molecule has 0 atom stereocenters. The van der Waals surface area contributed by atoms with Crippen LogP contribution in [0.15, 0.2) is 70.3 Å². The molecular formula is C20H18N4O2S. The molecule has 0 aliphatic carbocycles. The summed E-state index contributed by atoms with van der Waals surface area (Å²) in [5.41, 5.74) is 2.82. The second kappa shape index (κ2) is 7.67. The lowest BCUT2D eigenvalue weighted by Gasteiger charge is -2.10. The van der Waals surface area contributed by atoms with E-state index in [1.54, 1.807) is 18.9 Å². The minimum Gasteiger partial charge on any atom is -0.497 e. The average molecular weight is 378 g/mol. The number of hydrogen-bond acceptors (Lipinski definition) is 6. The van der Waals surface area contributed by atoms with Crippen molar-refractivity contribution in [3.05, 3.63) is 72.1 Å². The molecule has 4 aromatic rings. The molecule has 2 heterocycles. The molecule has 0 radical (unpaired) electrons. The van der Waals surface area contributed by atoms with Gasteiger partial charge in [0.15, 0.2) is 11.0 Å². The summed E-state index contributed by atoms with van der Waals surface area (Å²) in [7, 11) is 1.65. The van der Waals surface area contributed by atoms with E-state index in [0.717, 1.165) is 39.4 Å². The summed E-state index contributed by atoms with van der Waals surface area (Å²) in [4.78, 5) is 0. The number of nitrogens with zero attached hydrogens (tertiary/aromatic N) is 4. The lowest BCUT2D eigenvalue weighted by molar-refractivity contribution is 0.393. The first-order valence-electron chi connectivity index (χ1n) is 8.45. The molecule has 0 spiro atoms. The van der Waals surface area contributed by atoms with Crippen LogP contribution in [-0.2, 0) is 5.75 Å². The Morgan fingerprint density at radius 2 is 1.89 bits per heavy atom. The number of benzene rings is 2. The number of methoxy groups -OCH3 is 1. The van der Waals surface area contributed by atoms with Gasteiger partial charge in [0.2, 0.25) is 0 Å². The molecular weight excluding hydrogens is 360 g/mol. The molecule has 27 heavy (non-hydrogen) atoms. The van der Waals surface area contributed by atoms with Gasteiger partial charge in [-0.05, 0) is 31.2 Å². The first kappa shape index (κ1) is 17.4. The highest BCUT2D eigenvalue weighted by atomic mass is 32.2. The number of ether oxygens (including phenoxy) is 1. The Kier molecular flexibility index (Phi) is 4.93. The van der Waals surface area contributed by atoms with Gasteiger partial charge >= 0.3 is 0 Å². The molecule has 0 N–H and O–H groups in total. The number of aromatic nitrogens is 4. The van der Waals surface area contributed by atoms with Crippen molar-refractivity contribution in [1.29, 1.82) is 0 Å². The maximum absolute atomic E-state index is 5.36. The minimum absolute atomic E-state index is 0.653. The summed E-state index contributed by atoms with van der Waals surface area (Å²) in [6.45, 7) is 1.88. The summed E-state index contributed by atoms with van der Waals surface area (Å²) >= 11 is 1.57. The van der Waals surface area contributed by atoms with E-state index in [2.05, 4.69) is 15.4 Å². The van der Waals surface area contributed by atoms with Crippen molar-refractivity contribution in [2.75, 3.05) is 7.11 Å². The summed E-state index contributed by atoms with van der Waals surface area (Å²) in [6, 6.07) is 19.8. The molecule has 4 rings (SSSR count). The highest BCUT2D eigenvalue weighted by Crippen LogP contribution is 2.30. The normalized spacial score (nSPS) is 10.9. The maximum atomic E-state index is 5.36. The van der Waals surface area contributed by atoms with Crippen LogP contribution in [-0.4, -0.2) is 27.0 Å². The van der Waals surface area contributed by atoms with Gasteiger partial charge in [0.05, 0.1) is 12.8 Å². The third kappa shape index (κ3) is 3.73. The van der Waals surface area contributed by atoms with Crippen molar-refractivity contribution in [2.24, 2.45) is 0 Å². The Labute approximate surface area is 161 Å². The Balaban J connectivity index is 1.74. The van der Waals surface area contributed by atoms with Gasteiger partial charge in [-0.15, -0.1) is 10.2 Å². The van der Waals surface area contributed by atoms with E-state index in [-0.39, 0.29) is 0 Å². The second-order valence-corrected chi connectivity index (χ2v) is 6.87. The van der Waals surface area contributed by atoms with Crippen molar-refractivity contribution in [3.8, 4) is 22.8 Å². The van der Waals surface area contributed by atoms with Gasteiger partial charge in [0.1, 0.15) is 11.5 Å². The number of para-hydroxylation sites is 1. The Morgan fingerprint density at radius 3 is 2.63 bits per heavy atom. The monoisotopic (exact) mass is 378 g/mol. The van der Waals surface area contributed by atoms with E-state index < -0.39 is 0 Å². The number of aryl methyl sites for hydroxylation is 1. The zero-order valence-corrected chi connectivity index (χ0v) is 15.8. The van der Waals surface area contributed by atoms with Crippen LogP contribution in [0.4, 0.5) is 0 Å². The Morgan fingerprint density at radius 1 is 1.04 bits per heavy atom. The predicted molar refractivity (Wildman–Crippen MR) is 104 cm³/mol. The fourth-order valence-corrected chi connectivity index (χ4v) is 3.58. The van der Waals surface area contributed by atoms with Gasteiger partial charge in [-0.25, -0.2) is 0 Å². The number of rotatable bonds is 6. The minimum atomic E-state index is 0.653. The molecule has 0 saturated heterocycles. The first-order valence-corrected chi connectivity index (χ1v) is 9.43. The van der Waals surface area contributed by atoms with Gasteiger partial charge in [-0.1, -0.05) is 47.3 Å². The van der Waals surface area contributed by atoms with Crippen molar-refractivity contribution in [1.82, 2.24) is 19.9 Å². The summed E-state index contributed by atoms with van der Waals surface area (Å²) < 4.78 is 12.6. The van der Waals surface area contributed by atoms with Crippen LogP contribution >= 0.6 is 11.8 Å². The van der Waals surface area contributed by atoms with Crippen LogP contribution in [0.1, 0.15) is 11.5 Å². The van der Waals surface area contributed by atoms with Crippen molar-refractivity contribution < 1.29 is 9.26 Å². The van der Waals surface area contributed by atoms with Crippen LogP contribution in [0.5, 0.6) is 5.75 Å². The molecule has 0 amide bonds. The van der Waals surface area contributed by atoms with E-state index in [0.29, 0.717) is 5.75 Å². The standard InChI is InChI=1S/C20H18N4O2S/c1-14-11-16(23-26-14)13-27-20-22-21-19(15-7-6-10-18(12-15)25-2)24(20)17-8-4-3-5-9-17/h3-12H,13H2,1-2H3. The van der Waals surface area contributed by atoms with Crippen molar-refractivity contribution in [2.45, 2.75) is 17.8 Å². The van der Waals surface area contributed by atoms with E-state index in [1.807, 2.05) is 72.2 Å². The molecule has 2 aromatic carbocycles. The van der Waals surface area contributed by atoms with Gasteiger partial charge in [-0.2, -0.15) is 0 Å². The third-order valence-corrected chi connectivity index (χ3v) is 4.96. The fraction of sp³-hybridized carbons (Fsp3) is 0.150. The number of hydrogen-bond donors (Lipinski definition) is 0. The van der Waals surface area contributed by atoms with Gasteiger partial charge in [0.25, 0.3) is 0 Å². The molecule has 0 fully saturated rings. The Hall–Kier alpha value is -3.06. The first-order chi connectivity index (χ1) is 13.2. The van der Waals surface area contributed by atoms with Gasteiger partial charge in [0, 0.05) is 23.1 Å². The largest absolute Gasteiger partial charge is 0.497 e. The molecule has 7 heteroatoms. The SMILES string of the molecule is COc1cccc(-c2nnc(SCc3cc(C)on3)n2-c2ccccc2)c1. The molecule has 0 aliphatic heterocycles. The topological polar surface area (TPSA) is 66.0 Å². The molecule has 136 valence electrons.